The molecular weight excluding hydrogens is 238 g/mol. The van der Waals surface area contributed by atoms with Gasteiger partial charge in [0.1, 0.15) is 0 Å². The standard InChI is InChI=1S/C12H17NO3S/c1-2-10-3-5-12(6-4-10)17(14,15)13-11-7-8-16-9-11/h3-6,11,13H,2,7-9H2,1H3. The van der Waals surface area contributed by atoms with Crippen molar-refractivity contribution in [1.29, 1.82) is 0 Å². The van der Waals surface area contributed by atoms with Crippen molar-refractivity contribution in [2.45, 2.75) is 30.7 Å². The molecule has 0 aliphatic carbocycles. The molecule has 1 atom stereocenters. The molecule has 5 heteroatoms. The Bertz CT molecular complexity index is 461. The van der Waals surface area contributed by atoms with Gasteiger partial charge in [0.25, 0.3) is 0 Å². The summed E-state index contributed by atoms with van der Waals surface area (Å²) in [6.07, 6.45) is 1.65. The second-order valence-corrected chi connectivity index (χ2v) is 5.89. The van der Waals surface area contributed by atoms with Crippen molar-refractivity contribution in [3.8, 4) is 0 Å². The van der Waals surface area contributed by atoms with Crippen LogP contribution in [0, 0.1) is 0 Å². The molecule has 1 unspecified atom stereocenters. The molecule has 94 valence electrons. The number of ether oxygens (including phenoxy) is 1. The highest BCUT2D eigenvalue weighted by molar-refractivity contribution is 7.89. The number of nitrogens with one attached hydrogen (secondary N) is 1. The number of aryl methyl sites for hydroxylation is 1. The van der Waals surface area contributed by atoms with E-state index in [1.807, 2.05) is 19.1 Å². The molecule has 2 rings (SSSR count). The Labute approximate surface area is 102 Å². The van der Waals surface area contributed by atoms with Gasteiger partial charge in [-0.2, -0.15) is 0 Å². The van der Waals surface area contributed by atoms with Crippen molar-refractivity contribution in [3.05, 3.63) is 29.8 Å². The van der Waals surface area contributed by atoms with Gasteiger partial charge in [-0.1, -0.05) is 19.1 Å². The second kappa shape index (κ2) is 5.16. The number of hydrogen-bond donors (Lipinski definition) is 1. The molecule has 1 aromatic carbocycles. The molecule has 0 aromatic heterocycles. The Morgan fingerprint density at radius 3 is 2.59 bits per heavy atom. The minimum atomic E-state index is -3.40. The quantitative estimate of drug-likeness (QED) is 0.882. The Morgan fingerprint density at radius 2 is 2.06 bits per heavy atom. The third-order valence-electron chi connectivity index (χ3n) is 2.89. The smallest absolute Gasteiger partial charge is 0.240 e. The maximum Gasteiger partial charge on any atom is 0.240 e. The normalized spacial score (nSPS) is 20.6. The molecule has 1 aromatic rings. The highest BCUT2D eigenvalue weighted by atomic mass is 32.2. The van der Waals surface area contributed by atoms with Crippen LogP contribution in [-0.2, 0) is 21.2 Å². The zero-order valence-corrected chi connectivity index (χ0v) is 10.7. The van der Waals surface area contributed by atoms with Gasteiger partial charge in [0.15, 0.2) is 0 Å². The predicted octanol–water partition coefficient (Wildman–Crippen LogP) is 1.32. The van der Waals surface area contributed by atoms with Gasteiger partial charge in [-0.15, -0.1) is 0 Å². The first-order valence-corrected chi connectivity index (χ1v) is 7.29. The molecule has 1 N–H and O–H groups in total. The van der Waals surface area contributed by atoms with Gasteiger partial charge in [0.2, 0.25) is 10.0 Å². The second-order valence-electron chi connectivity index (χ2n) is 4.18. The van der Waals surface area contributed by atoms with Gasteiger partial charge in [-0.3, -0.25) is 0 Å². The van der Waals surface area contributed by atoms with Crippen LogP contribution in [0.4, 0.5) is 0 Å². The van der Waals surface area contributed by atoms with Crippen molar-refractivity contribution in [3.63, 3.8) is 0 Å². The van der Waals surface area contributed by atoms with Gasteiger partial charge < -0.3 is 4.74 Å². The van der Waals surface area contributed by atoms with E-state index in [0.717, 1.165) is 18.4 Å². The van der Waals surface area contributed by atoms with Crippen LogP contribution in [0.15, 0.2) is 29.2 Å². The van der Waals surface area contributed by atoms with Gasteiger partial charge >= 0.3 is 0 Å². The maximum absolute atomic E-state index is 12.0. The van der Waals surface area contributed by atoms with E-state index in [4.69, 9.17) is 4.74 Å². The Morgan fingerprint density at radius 1 is 1.35 bits per heavy atom. The highest BCUT2D eigenvalue weighted by Crippen LogP contribution is 2.13. The molecule has 1 aliphatic heterocycles. The summed E-state index contributed by atoms with van der Waals surface area (Å²) in [4.78, 5) is 0.321. The SMILES string of the molecule is CCc1ccc(S(=O)(=O)NC2CCOC2)cc1. The van der Waals surface area contributed by atoms with Crippen LogP contribution in [0.25, 0.3) is 0 Å². The van der Waals surface area contributed by atoms with Crippen molar-refractivity contribution < 1.29 is 13.2 Å². The van der Waals surface area contributed by atoms with Crippen molar-refractivity contribution in [2.75, 3.05) is 13.2 Å². The number of hydrogen-bond acceptors (Lipinski definition) is 3. The van der Waals surface area contributed by atoms with E-state index in [2.05, 4.69) is 4.72 Å². The monoisotopic (exact) mass is 255 g/mol. The molecule has 0 amide bonds. The van der Waals surface area contributed by atoms with Crippen molar-refractivity contribution in [1.82, 2.24) is 4.72 Å². The fraction of sp³-hybridized carbons (Fsp3) is 0.500. The third-order valence-corrected chi connectivity index (χ3v) is 4.43. The predicted molar refractivity (Wildman–Crippen MR) is 65.4 cm³/mol. The molecule has 0 spiro atoms. The lowest BCUT2D eigenvalue weighted by Gasteiger charge is -2.11. The maximum atomic E-state index is 12.0. The molecule has 0 saturated carbocycles. The van der Waals surface area contributed by atoms with E-state index in [1.165, 1.54) is 0 Å². The first-order chi connectivity index (χ1) is 8.12. The lowest BCUT2D eigenvalue weighted by atomic mass is 10.2. The summed E-state index contributed by atoms with van der Waals surface area (Å²) in [6.45, 7) is 3.13. The Balaban J connectivity index is 2.12. The Hall–Kier alpha value is -0.910. The minimum Gasteiger partial charge on any atom is -0.380 e. The molecule has 1 fully saturated rings. The van der Waals surface area contributed by atoms with Gasteiger partial charge in [0, 0.05) is 12.6 Å². The molecule has 17 heavy (non-hydrogen) atoms. The molecule has 1 aliphatic rings. The van der Waals surface area contributed by atoms with Gasteiger partial charge in [0.05, 0.1) is 11.5 Å². The van der Waals surface area contributed by atoms with Crippen LogP contribution in [0.3, 0.4) is 0 Å². The average Bonchev–Trinajstić information content (AvgIpc) is 2.81. The van der Waals surface area contributed by atoms with E-state index in [-0.39, 0.29) is 6.04 Å². The zero-order chi connectivity index (χ0) is 12.3. The third kappa shape index (κ3) is 3.06. The lowest BCUT2D eigenvalue weighted by Crippen LogP contribution is -2.34. The molecule has 4 nitrogen and oxygen atoms in total. The van der Waals surface area contributed by atoms with Crippen molar-refractivity contribution >= 4 is 10.0 Å². The van der Waals surface area contributed by atoms with E-state index >= 15 is 0 Å². The van der Waals surface area contributed by atoms with Crippen LogP contribution in [0.1, 0.15) is 18.9 Å². The summed E-state index contributed by atoms with van der Waals surface area (Å²) < 4.78 is 31.8. The lowest BCUT2D eigenvalue weighted by molar-refractivity contribution is 0.192. The summed E-state index contributed by atoms with van der Waals surface area (Å²) in [7, 11) is -3.40. The average molecular weight is 255 g/mol. The fourth-order valence-electron chi connectivity index (χ4n) is 1.82. The number of benzene rings is 1. The van der Waals surface area contributed by atoms with Crippen LogP contribution in [-0.4, -0.2) is 27.7 Å². The van der Waals surface area contributed by atoms with Crippen LogP contribution >= 0.6 is 0 Å². The molecule has 0 bridgehead atoms. The number of rotatable bonds is 4. The number of sulfonamides is 1. The summed E-state index contributed by atoms with van der Waals surface area (Å²) >= 11 is 0. The van der Waals surface area contributed by atoms with Crippen molar-refractivity contribution in [2.24, 2.45) is 0 Å². The Kier molecular flexibility index (Phi) is 3.81. The largest absolute Gasteiger partial charge is 0.380 e. The fourth-order valence-corrected chi connectivity index (χ4v) is 3.07. The van der Waals surface area contributed by atoms with Crippen LogP contribution < -0.4 is 4.72 Å². The molecule has 0 radical (unpaired) electrons. The van der Waals surface area contributed by atoms with E-state index in [1.54, 1.807) is 12.1 Å². The van der Waals surface area contributed by atoms with E-state index in [9.17, 15) is 8.42 Å². The zero-order valence-electron chi connectivity index (χ0n) is 9.85. The topological polar surface area (TPSA) is 55.4 Å². The summed E-state index contributed by atoms with van der Waals surface area (Å²) in [5.41, 5.74) is 1.13. The van der Waals surface area contributed by atoms with Gasteiger partial charge in [-0.25, -0.2) is 13.1 Å². The highest BCUT2D eigenvalue weighted by Gasteiger charge is 2.23. The summed E-state index contributed by atoms with van der Waals surface area (Å²) in [5.74, 6) is 0. The molecule has 1 saturated heterocycles. The van der Waals surface area contributed by atoms with E-state index < -0.39 is 10.0 Å². The molecule has 1 heterocycles. The first-order valence-electron chi connectivity index (χ1n) is 5.81. The van der Waals surface area contributed by atoms with Crippen LogP contribution in [0.2, 0.25) is 0 Å². The summed E-state index contributed by atoms with van der Waals surface area (Å²) in [6, 6.07) is 6.90. The first kappa shape index (κ1) is 12.5. The molecular formula is C12H17NO3S. The van der Waals surface area contributed by atoms with Gasteiger partial charge in [-0.05, 0) is 30.5 Å². The minimum absolute atomic E-state index is 0.0918. The summed E-state index contributed by atoms with van der Waals surface area (Å²) in [5, 5.41) is 0. The van der Waals surface area contributed by atoms with E-state index in [0.29, 0.717) is 18.1 Å². The van der Waals surface area contributed by atoms with Crippen LogP contribution in [0.5, 0.6) is 0 Å².